The van der Waals surface area contributed by atoms with Crippen LogP contribution in [0, 0.1) is 23.2 Å². The van der Waals surface area contributed by atoms with Crippen LogP contribution in [0.3, 0.4) is 0 Å². The fraction of sp³-hybridized carbons (Fsp3) is 0.938. The van der Waals surface area contributed by atoms with E-state index >= 15 is 0 Å². The minimum Gasteiger partial charge on any atom is -0.349 e. The first-order chi connectivity index (χ1) is 8.77. The van der Waals surface area contributed by atoms with Gasteiger partial charge in [-0.15, -0.1) is 0 Å². The van der Waals surface area contributed by atoms with Crippen LogP contribution in [-0.4, -0.2) is 17.5 Å². The molecule has 0 aromatic rings. The molecule has 3 heteroatoms. The molecule has 0 radical (unpaired) electrons. The number of rotatable bonds is 2. The Morgan fingerprint density at radius 2 is 1.53 bits per heavy atom. The molecule has 0 spiro atoms. The van der Waals surface area contributed by atoms with Crippen LogP contribution in [0.1, 0.15) is 59.3 Å². The Kier molecular flexibility index (Phi) is 2.97. The molecule has 4 aliphatic rings. The van der Waals surface area contributed by atoms with Crippen molar-refractivity contribution >= 4 is 5.91 Å². The zero-order valence-corrected chi connectivity index (χ0v) is 12.5. The highest BCUT2D eigenvalue weighted by atomic mass is 16.2. The molecule has 0 aromatic carbocycles. The fourth-order valence-electron chi connectivity index (χ4n) is 5.00. The van der Waals surface area contributed by atoms with Crippen molar-refractivity contribution in [2.45, 2.75) is 70.9 Å². The number of carbonyl (C=O) groups excluding carboxylic acids is 1. The molecule has 1 atom stereocenters. The fourth-order valence-corrected chi connectivity index (χ4v) is 5.00. The summed E-state index contributed by atoms with van der Waals surface area (Å²) in [5.41, 5.74) is 6.04. The summed E-state index contributed by atoms with van der Waals surface area (Å²) in [6, 6.07) is -0.402. The SMILES string of the molecule is CC(C)(C)C(N)C(=O)NC12CC3CC(CC(C3)C1)C2. The number of amides is 1. The Hall–Kier alpha value is -0.570. The van der Waals surface area contributed by atoms with Gasteiger partial charge in [-0.1, -0.05) is 20.8 Å². The van der Waals surface area contributed by atoms with E-state index in [0.717, 1.165) is 17.8 Å². The first-order valence-corrected chi connectivity index (χ1v) is 7.85. The predicted octanol–water partition coefficient (Wildman–Crippen LogP) is 2.44. The second-order valence-corrected chi connectivity index (χ2v) is 8.53. The van der Waals surface area contributed by atoms with Crippen LogP contribution < -0.4 is 11.1 Å². The largest absolute Gasteiger partial charge is 0.349 e. The van der Waals surface area contributed by atoms with Crippen LogP contribution in [0.2, 0.25) is 0 Å². The second-order valence-electron chi connectivity index (χ2n) is 8.53. The number of hydrogen-bond acceptors (Lipinski definition) is 2. The minimum absolute atomic E-state index is 0.0643. The van der Waals surface area contributed by atoms with Gasteiger partial charge >= 0.3 is 0 Å². The molecule has 0 aromatic heterocycles. The highest BCUT2D eigenvalue weighted by Crippen LogP contribution is 2.55. The summed E-state index contributed by atoms with van der Waals surface area (Å²) in [6.45, 7) is 6.12. The standard InChI is InChI=1S/C16H28N2O/c1-15(2,3)13(17)14(19)18-16-7-10-4-11(8-16)6-12(5-10)9-16/h10-13H,4-9,17H2,1-3H3,(H,18,19). The Labute approximate surface area is 116 Å². The van der Waals surface area contributed by atoms with E-state index in [1.807, 2.05) is 20.8 Å². The number of hydrogen-bond donors (Lipinski definition) is 2. The minimum atomic E-state index is -0.402. The van der Waals surface area contributed by atoms with Gasteiger partial charge in [0.1, 0.15) is 0 Å². The third kappa shape index (κ3) is 2.42. The highest BCUT2D eigenvalue weighted by molar-refractivity contribution is 5.83. The van der Waals surface area contributed by atoms with E-state index in [1.54, 1.807) is 0 Å². The van der Waals surface area contributed by atoms with Crippen LogP contribution >= 0.6 is 0 Å². The quantitative estimate of drug-likeness (QED) is 0.805. The smallest absolute Gasteiger partial charge is 0.237 e. The van der Waals surface area contributed by atoms with E-state index in [0.29, 0.717) is 0 Å². The van der Waals surface area contributed by atoms with Crippen molar-refractivity contribution in [1.29, 1.82) is 0 Å². The summed E-state index contributed by atoms with van der Waals surface area (Å²) in [5, 5.41) is 3.37. The Balaban J connectivity index is 1.71. The van der Waals surface area contributed by atoms with Gasteiger partial charge < -0.3 is 11.1 Å². The molecular weight excluding hydrogens is 236 g/mol. The van der Waals surface area contributed by atoms with Crippen molar-refractivity contribution in [3.05, 3.63) is 0 Å². The second kappa shape index (κ2) is 4.21. The molecule has 4 rings (SSSR count). The highest BCUT2D eigenvalue weighted by Gasteiger charge is 2.52. The molecule has 3 nitrogen and oxygen atoms in total. The van der Waals surface area contributed by atoms with Crippen LogP contribution in [0.15, 0.2) is 0 Å². The Morgan fingerprint density at radius 1 is 1.11 bits per heavy atom. The maximum atomic E-state index is 12.4. The van der Waals surface area contributed by atoms with Gasteiger partial charge in [-0.2, -0.15) is 0 Å². The maximum absolute atomic E-state index is 12.4. The summed E-state index contributed by atoms with van der Waals surface area (Å²) in [6.07, 6.45) is 7.80. The van der Waals surface area contributed by atoms with Crippen LogP contribution in [0.25, 0.3) is 0 Å². The van der Waals surface area contributed by atoms with E-state index in [1.165, 1.54) is 38.5 Å². The van der Waals surface area contributed by atoms with E-state index in [4.69, 9.17) is 5.73 Å². The van der Waals surface area contributed by atoms with Crippen molar-refractivity contribution in [2.75, 3.05) is 0 Å². The summed E-state index contributed by atoms with van der Waals surface area (Å²) in [5.74, 6) is 2.64. The van der Waals surface area contributed by atoms with Gasteiger partial charge in [0.2, 0.25) is 5.91 Å². The molecule has 3 N–H and O–H groups in total. The van der Waals surface area contributed by atoms with Gasteiger partial charge in [-0.05, 0) is 61.7 Å². The van der Waals surface area contributed by atoms with E-state index in [-0.39, 0.29) is 16.9 Å². The topological polar surface area (TPSA) is 55.1 Å². The van der Waals surface area contributed by atoms with Crippen LogP contribution in [0.4, 0.5) is 0 Å². The van der Waals surface area contributed by atoms with Crippen LogP contribution in [0.5, 0.6) is 0 Å². The van der Waals surface area contributed by atoms with E-state index in [9.17, 15) is 4.79 Å². The Bertz CT molecular complexity index is 347. The normalized spacial score (nSPS) is 42.2. The first kappa shape index (κ1) is 13.4. The molecule has 4 bridgehead atoms. The zero-order valence-electron chi connectivity index (χ0n) is 12.5. The van der Waals surface area contributed by atoms with Crippen molar-refractivity contribution in [1.82, 2.24) is 5.32 Å². The lowest BCUT2D eigenvalue weighted by atomic mass is 9.53. The molecule has 0 aliphatic heterocycles. The number of nitrogens with one attached hydrogen (secondary N) is 1. The average molecular weight is 264 g/mol. The Morgan fingerprint density at radius 3 is 1.89 bits per heavy atom. The molecule has 1 amide bonds. The van der Waals surface area contributed by atoms with Crippen molar-refractivity contribution in [2.24, 2.45) is 28.9 Å². The summed E-state index contributed by atoms with van der Waals surface area (Å²) >= 11 is 0. The molecular formula is C16H28N2O. The summed E-state index contributed by atoms with van der Waals surface area (Å²) in [4.78, 5) is 12.4. The van der Waals surface area contributed by atoms with Crippen molar-refractivity contribution in [3.63, 3.8) is 0 Å². The molecule has 4 aliphatic carbocycles. The third-order valence-corrected chi connectivity index (χ3v) is 5.64. The van der Waals surface area contributed by atoms with Gasteiger partial charge in [0, 0.05) is 5.54 Å². The molecule has 19 heavy (non-hydrogen) atoms. The van der Waals surface area contributed by atoms with Gasteiger partial charge in [0.05, 0.1) is 6.04 Å². The van der Waals surface area contributed by atoms with Gasteiger partial charge in [0.25, 0.3) is 0 Å². The third-order valence-electron chi connectivity index (χ3n) is 5.64. The summed E-state index contributed by atoms with van der Waals surface area (Å²) in [7, 11) is 0. The monoisotopic (exact) mass is 264 g/mol. The van der Waals surface area contributed by atoms with Gasteiger partial charge in [-0.25, -0.2) is 0 Å². The molecule has 0 heterocycles. The van der Waals surface area contributed by atoms with E-state index < -0.39 is 6.04 Å². The van der Waals surface area contributed by atoms with Crippen molar-refractivity contribution in [3.8, 4) is 0 Å². The van der Waals surface area contributed by atoms with Gasteiger partial charge in [-0.3, -0.25) is 4.79 Å². The van der Waals surface area contributed by atoms with Gasteiger partial charge in [0.15, 0.2) is 0 Å². The molecule has 0 saturated heterocycles. The lowest BCUT2D eigenvalue weighted by Gasteiger charge is -2.57. The van der Waals surface area contributed by atoms with E-state index in [2.05, 4.69) is 5.32 Å². The predicted molar refractivity (Wildman–Crippen MR) is 76.5 cm³/mol. The molecule has 108 valence electrons. The lowest BCUT2D eigenvalue weighted by molar-refractivity contribution is -0.130. The van der Waals surface area contributed by atoms with Crippen molar-refractivity contribution < 1.29 is 4.79 Å². The molecule has 4 fully saturated rings. The lowest BCUT2D eigenvalue weighted by Crippen LogP contribution is -2.63. The number of nitrogens with two attached hydrogens (primary N) is 1. The summed E-state index contributed by atoms with van der Waals surface area (Å²) < 4.78 is 0. The average Bonchev–Trinajstić information content (AvgIpc) is 2.23. The molecule has 4 saturated carbocycles. The first-order valence-electron chi connectivity index (χ1n) is 7.85. The van der Waals surface area contributed by atoms with Crippen LogP contribution in [-0.2, 0) is 4.79 Å². The maximum Gasteiger partial charge on any atom is 0.237 e. The molecule has 1 unspecified atom stereocenters. The zero-order chi connectivity index (χ0) is 13.8. The number of carbonyl (C=O) groups is 1.